The average molecular weight is 138 g/mol. The van der Waals surface area contributed by atoms with Crippen LogP contribution in [-0.4, -0.2) is 13.1 Å². The molecule has 0 radical (unpaired) electrons. The summed E-state index contributed by atoms with van der Waals surface area (Å²) in [4.78, 5) is 10.0. The molecule has 0 atom stereocenters. The smallest absolute Gasteiger partial charge is 0.331 e. The highest BCUT2D eigenvalue weighted by atomic mass is 35.5. The third-order valence-corrected chi connectivity index (χ3v) is 0.433. The van der Waals surface area contributed by atoms with Crippen LogP contribution in [0.25, 0.3) is 0 Å². The van der Waals surface area contributed by atoms with Gasteiger partial charge in [-0.05, 0) is 0 Å². The van der Waals surface area contributed by atoms with Gasteiger partial charge in [0, 0.05) is 12.3 Å². The summed E-state index contributed by atoms with van der Waals surface area (Å²) >= 11 is 0. The Morgan fingerprint density at radius 3 is 2.38 bits per heavy atom. The molecule has 0 saturated heterocycles. The minimum Gasteiger partial charge on any atom is -0.466 e. The number of rotatable bonds is 1. The Morgan fingerprint density at radius 2 is 2.25 bits per heavy atom. The normalized spacial score (nSPS) is 8.12. The van der Waals surface area contributed by atoms with Crippen molar-refractivity contribution in [1.29, 1.82) is 0 Å². The average Bonchev–Trinajstić information content (AvgIpc) is 1.68. The maximum absolute atomic E-state index is 10.0. The topological polar surface area (TPSA) is 52.3 Å². The molecule has 0 spiro atoms. The molecule has 0 rings (SSSR count). The molecule has 48 valence electrons. The molecule has 0 saturated carbocycles. The Morgan fingerprint density at radius 1 is 1.75 bits per heavy atom. The SMILES string of the molecule is COC(=O)C=CN.Cl. The zero-order chi connectivity index (χ0) is 5.70. The first-order valence-corrected chi connectivity index (χ1v) is 1.77. The number of methoxy groups -OCH3 is 1. The Balaban J connectivity index is 0. The number of hydrogen-bond donors (Lipinski definition) is 1. The highest BCUT2D eigenvalue weighted by Gasteiger charge is 1.84. The van der Waals surface area contributed by atoms with E-state index in [4.69, 9.17) is 5.73 Å². The summed E-state index contributed by atoms with van der Waals surface area (Å²) < 4.78 is 4.18. The lowest BCUT2D eigenvalue weighted by Crippen LogP contribution is -1.94. The summed E-state index contributed by atoms with van der Waals surface area (Å²) in [5.41, 5.74) is 4.82. The molecule has 3 nitrogen and oxygen atoms in total. The van der Waals surface area contributed by atoms with Crippen molar-refractivity contribution in [2.75, 3.05) is 7.11 Å². The van der Waals surface area contributed by atoms with Crippen molar-refractivity contribution < 1.29 is 9.53 Å². The van der Waals surface area contributed by atoms with Gasteiger partial charge in [0.25, 0.3) is 0 Å². The molecule has 0 amide bonds. The van der Waals surface area contributed by atoms with Crippen LogP contribution in [0.3, 0.4) is 0 Å². The molecule has 0 aliphatic rings. The molecule has 4 heteroatoms. The van der Waals surface area contributed by atoms with Crippen LogP contribution < -0.4 is 5.73 Å². The molecule has 0 aromatic heterocycles. The summed E-state index contributed by atoms with van der Waals surface area (Å²) in [6, 6.07) is 0. The first-order chi connectivity index (χ1) is 3.31. The lowest BCUT2D eigenvalue weighted by molar-refractivity contribution is -0.134. The zero-order valence-electron chi connectivity index (χ0n) is 4.46. The third kappa shape index (κ3) is 5.30. The number of hydrogen-bond acceptors (Lipinski definition) is 3. The summed E-state index contributed by atoms with van der Waals surface area (Å²) in [5, 5.41) is 0. The van der Waals surface area contributed by atoms with Crippen LogP contribution in [0.2, 0.25) is 0 Å². The monoisotopic (exact) mass is 137 g/mol. The van der Waals surface area contributed by atoms with Crippen molar-refractivity contribution in [3.8, 4) is 0 Å². The predicted octanol–water partition coefficient (Wildman–Crippen LogP) is 0.0536. The van der Waals surface area contributed by atoms with Crippen molar-refractivity contribution in [2.24, 2.45) is 5.73 Å². The summed E-state index contributed by atoms with van der Waals surface area (Å²) in [6.07, 6.45) is 2.27. The Hall–Kier alpha value is -0.700. The second-order valence-electron chi connectivity index (χ2n) is 0.882. The minimum absolute atomic E-state index is 0. The van der Waals surface area contributed by atoms with Gasteiger partial charge in [0.15, 0.2) is 0 Å². The molecule has 0 aliphatic carbocycles. The quantitative estimate of drug-likeness (QED) is 0.411. The van der Waals surface area contributed by atoms with E-state index in [1.165, 1.54) is 7.11 Å². The van der Waals surface area contributed by atoms with E-state index < -0.39 is 5.97 Å². The molecule has 0 unspecified atom stereocenters. The number of carbonyl (C=O) groups is 1. The number of halogens is 1. The standard InChI is InChI=1S/C4H7NO2.ClH/c1-7-4(6)2-3-5;/h2-3H,5H2,1H3;1H. The zero-order valence-corrected chi connectivity index (χ0v) is 5.27. The lowest BCUT2D eigenvalue weighted by Gasteiger charge is -1.84. The van der Waals surface area contributed by atoms with Crippen molar-refractivity contribution >= 4 is 18.4 Å². The van der Waals surface area contributed by atoms with Crippen molar-refractivity contribution in [2.45, 2.75) is 0 Å². The number of esters is 1. The second-order valence-corrected chi connectivity index (χ2v) is 0.882. The van der Waals surface area contributed by atoms with Gasteiger partial charge in [0.2, 0.25) is 0 Å². The first-order valence-electron chi connectivity index (χ1n) is 1.77. The molecule has 0 heterocycles. The Labute approximate surface area is 53.9 Å². The van der Waals surface area contributed by atoms with Gasteiger partial charge < -0.3 is 10.5 Å². The van der Waals surface area contributed by atoms with Crippen molar-refractivity contribution in [1.82, 2.24) is 0 Å². The fourth-order valence-electron chi connectivity index (χ4n) is 0.147. The van der Waals surface area contributed by atoms with E-state index in [0.717, 1.165) is 12.3 Å². The van der Waals surface area contributed by atoms with Gasteiger partial charge in [0.05, 0.1) is 7.11 Å². The second kappa shape index (κ2) is 6.30. The number of ether oxygens (including phenoxy) is 1. The third-order valence-electron chi connectivity index (χ3n) is 0.433. The van der Waals surface area contributed by atoms with Gasteiger partial charge in [-0.15, -0.1) is 12.4 Å². The van der Waals surface area contributed by atoms with E-state index in [1.54, 1.807) is 0 Å². The number of carbonyl (C=O) groups excluding carboxylic acids is 1. The van der Waals surface area contributed by atoms with Crippen LogP contribution in [0.5, 0.6) is 0 Å². The Kier molecular flexibility index (Phi) is 8.12. The first kappa shape index (κ1) is 10.3. The minimum atomic E-state index is -0.428. The highest BCUT2D eigenvalue weighted by molar-refractivity contribution is 5.85. The van der Waals surface area contributed by atoms with Crippen LogP contribution in [0, 0.1) is 0 Å². The summed E-state index contributed by atoms with van der Waals surface area (Å²) in [6.45, 7) is 0. The van der Waals surface area contributed by atoms with E-state index in [1.807, 2.05) is 0 Å². The molecule has 0 aromatic rings. The van der Waals surface area contributed by atoms with Crippen LogP contribution in [0.1, 0.15) is 0 Å². The van der Waals surface area contributed by atoms with Crippen LogP contribution >= 0.6 is 12.4 Å². The molecule has 0 aromatic carbocycles. The van der Waals surface area contributed by atoms with E-state index in [-0.39, 0.29) is 12.4 Å². The van der Waals surface area contributed by atoms with Crippen LogP contribution in [0.15, 0.2) is 12.3 Å². The number of nitrogens with two attached hydrogens (primary N) is 1. The summed E-state index contributed by atoms with van der Waals surface area (Å²) in [7, 11) is 1.29. The van der Waals surface area contributed by atoms with Gasteiger partial charge in [-0.1, -0.05) is 0 Å². The van der Waals surface area contributed by atoms with Gasteiger partial charge >= 0.3 is 5.97 Å². The largest absolute Gasteiger partial charge is 0.466 e. The van der Waals surface area contributed by atoms with Gasteiger partial charge in [0.1, 0.15) is 0 Å². The molecule has 8 heavy (non-hydrogen) atoms. The predicted molar refractivity (Wildman–Crippen MR) is 32.6 cm³/mol. The maximum atomic E-state index is 10.0. The molecule has 2 N–H and O–H groups in total. The van der Waals surface area contributed by atoms with E-state index >= 15 is 0 Å². The van der Waals surface area contributed by atoms with Crippen molar-refractivity contribution in [3.05, 3.63) is 12.3 Å². The fraction of sp³-hybridized carbons (Fsp3) is 0.250. The van der Waals surface area contributed by atoms with Gasteiger partial charge in [-0.3, -0.25) is 0 Å². The molecular formula is C4H8ClNO2. The maximum Gasteiger partial charge on any atom is 0.331 e. The lowest BCUT2D eigenvalue weighted by atomic mass is 10.6. The van der Waals surface area contributed by atoms with E-state index in [0.29, 0.717) is 0 Å². The highest BCUT2D eigenvalue weighted by Crippen LogP contribution is 1.70. The van der Waals surface area contributed by atoms with Crippen LogP contribution in [0.4, 0.5) is 0 Å². The molecular weight excluding hydrogens is 130 g/mol. The van der Waals surface area contributed by atoms with Gasteiger partial charge in [-0.25, -0.2) is 4.79 Å². The summed E-state index contributed by atoms with van der Waals surface area (Å²) in [5.74, 6) is -0.428. The van der Waals surface area contributed by atoms with Crippen LogP contribution in [-0.2, 0) is 9.53 Å². The molecule has 0 fully saturated rings. The van der Waals surface area contributed by atoms with E-state index in [2.05, 4.69) is 4.74 Å². The molecule has 0 aliphatic heterocycles. The van der Waals surface area contributed by atoms with Gasteiger partial charge in [-0.2, -0.15) is 0 Å². The fourth-order valence-corrected chi connectivity index (χ4v) is 0.147. The molecule has 0 bridgehead atoms. The van der Waals surface area contributed by atoms with Crippen molar-refractivity contribution in [3.63, 3.8) is 0 Å². The Bertz CT molecular complexity index is 92.0. The van der Waals surface area contributed by atoms with E-state index in [9.17, 15) is 4.79 Å².